The van der Waals surface area contributed by atoms with E-state index in [9.17, 15) is 4.79 Å². The van der Waals surface area contributed by atoms with Crippen molar-refractivity contribution in [2.24, 2.45) is 0 Å². The minimum absolute atomic E-state index is 0.127. The van der Waals surface area contributed by atoms with E-state index >= 15 is 0 Å². The minimum Gasteiger partial charge on any atom is -0.467 e. The Labute approximate surface area is 152 Å². The summed E-state index contributed by atoms with van der Waals surface area (Å²) in [6, 6.07) is 7.20. The number of halogens is 2. The van der Waals surface area contributed by atoms with Crippen LogP contribution >= 0.6 is 34.5 Å². The third-order valence-corrected chi connectivity index (χ3v) is 4.72. The first kappa shape index (κ1) is 17.0. The lowest BCUT2D eigenvalue weighted by molar-refractivity contribution is -0.132. The molecule has 3 rings (SSSR count). The van der Waals surface area contributed by atoms with Gasteiger partial charge in [0, 0.05) is 16.9 Å². The molecule has 2 heterocycles. The number of hydrogen-bond acceptors (Lipinski definition) is 5. The van der Waals surface area contributed by atoms with Crippen LogP contribution in [0.1, 0.15) is 4.88 Å². The number of aromatic nitrogens is 2. The van der Waals surface area contributed by atoms with E-state index in [2.05, 4.69) is 9.97 Å². The van der Waals surface area contributed by atoms with Gasteiger partial charge in [0.1, 0.15) is 6.33 Å². The van der Waals surface area contributed by atoms with Crippen molar-refractivity contribution in [2.75, 3.05) is 13.7 Å². The lowest BCUT2D eigenvalue weighted by Gasteiger charge is -2.16. The molecule has 1 aromatic carbocycles. The number of benzene rings is 1. The van der Waals surface area contributed by atoms with Crippen LogP contribution in [-0.2, 0) is 11.3 Å². The number of thiophene rings is 1. The van der Waals surface area contributed by atoms with Crippen LogP contribution in [0.15, 0.2) is 36.0 Å². The molecule has 5 nitrogen and oxygen atoms in total. The molecule has 124 valence electrons. The van der Waals surface area contributed by atoms with Crippen LogP contribution in [0.2, 0.25) is 10.0 Å². The van der Waals surface area contributed by atoms with Gasteiger partial charge in [-0.05, 0) is 23.6 Å². The fraction of sp³-hybridized carbons (Fsp3) is 0.188. The summed E-state index contributed by atoms with van der Waals surface area (Å²) in [6.07, 6.45) is 1.34. The summed E-state index contributed by atoms with van der Waals surface area (Å²) in [5, 5.41) is 3.41. The van der Waals surface area contributed by atoms with Gasteiger partial charge < -0.3 is 9.64 Å². The van der Waals surface area contributed by atoms with Crippen molar-refractivity contribution < 1.29 is 9.53 Å². The molecule has 0 saturated carbocycles. The molecule has 0 N–H and O–H groups in total. The van der Waals surface area contributed by atoms with Crippen LogP contribution in [0, 0.1) is 0 Å². The van der Waals surface area contributed by atoms with E-state index in [1.807, 2.05) is 17.5 Å². The van der Waals surface area contributed by atoms with Crippen molar-refractivity contribution in [3.63, 3.8) is 0 Å². The Morgan fingerprint density at radius 1 is 1.33 bits per heavy atom. The number of nitrogens with zero attached hydrogens (tertiary/aromatic N) is 3. The smallest absolute Gasteiger partial charge is 0.260 e. The van der Waals surface area contributed by atoms with Crippen molar-refractivity contribution in [2.45, 2.75) is 6.54 Å². The van der Waals surface area contributed by atoms with Gasteiger partial charge in [0.15, 0.2) is 6.61 Å². The average molecular weight is 382 g/mol. The summed E-state index contributed by atoms with van der Waals surface area (Å²) in [4.78, 5) is 23.1. The molecule has 1 amide bonds. The SMILES string of the molecule is CN(Cc1cccs1)C(=O)COc1ncnc2c(Cl)cc(Cl)cc12. The van der Waals surface area contributed by atoms with Crippen LogP contribution in [0.4, 0.5) is 0 Å². The Balaban J connectivity index is 1.72. The number of amides is 1. The number of hydrogen-bond donors (Lipinski definition) is 0. The van der Waals surface area contributed by atoms with Gasteiger partial charge >= 0.3 is 0 Å². The normalized spacial score (nSPS) is 10.8. The molecule has 0 unspecified atom stereocenters. The fourth-order valence-electron chi connectivity index (χ4n) is 2.15. The number of carbonyl (C=O) groups is 1. The second-order valence-electron chi connectivity index (χ2n) is 5.08. The standard InChI is InChI=1S/C16H13Cl2N3O2S/c1-21(7-11-3-2-4-24-11)14(22)8-23-16-12-5-10(17)6-13(18)15(12)19-9-20-16/h2-6,9H,7-8H2,1H3. The predicted octanol–water partition coefficient (Wildman–Crippen LogP) is 4.04. The molecule has 0 bridgehead atoms. The number of ether oxygens (including phenoxy) is 1. The van der Waals surface area contributed by atoms with Crippen molar-refractivity contribution >= 4 is 51.3 Å². The first-order valence-electron chi connectivity index (χ1n) is 7.03. The van der Waals surface area contributed by atoms with E-state index in [0.29, 0.717) is 27.5 Å². The first-order chi connectivity index (χ1) is 11.5. The molecule has 0 aliphatic rings. The first-order valence-corrected chi connectivity index (χ1v) is 8.67. The Bertz CT molecular complexity index is 871. The Hall–Kier alpha value is -1.89. The monoisotopic (exact) mass is 381 g/mol. The van der Waals surface area contributed by atoms with Crippen LogP contribution in [-0.4, -0.2) is 34.4 Å². The van der Waals surface area contributed by atoms with Crippen molar-refractivity contribution in [1.29, 1.82) is 0 Å². The summed E-state index contributed by atoms with van der Waals surface area (Å²) < 4.78 is 5.58. The quantitative estimate of drug-likeness (QED) is 0.669. The summed E-state index contributed by atoms with van der Waals surface area (Å²) in [7, 11) is 1.73. The van der Waals surface area contributed by atoms with E-state index in [4.69, 9.17) is 27.9 Å². The number of likely N-dealkylation sites (N-methyl/N-ethyl adjacent to an activating group) is 1. The molecule has 0 atom stereocenters. The Morgan fingerprint density at radius 3 is 2.92 bits per heavy atom. The second kappa shape index (κ2) is 7.34. The molecule has 2 aromatic heterocycles. The van der Waals surface area contributed by atoms with E-state index in [1.165, 1.54) is 6.33 Å². The zero-order chi connectivity index (χ0) is 17.1. The maximum atomic E-state index is 12.2. The van der Waals surface area contributed by atoms with Gasteiger partial charge in [0.05, 0.1) is 22.5 Å². The van der Waals surface area contributed by atoms with Gasteiger partial charge in [-0.2, -0.15) is 0 Å². The van der Waals surface area contributed by atoms with E-state index in [-0.39, 0.29) is 18.4 Å². The predicted molar refractivity (Wildman–Crippen MR) is 95.8 cm³/mol. The highest BCUT2D eigenvalue weighted by Gasteiger charge is 2.14. The molecule has 3 aromatic rings. The Morgan fingerprint density at radius 2 is 2.17 bits per heavy atom. The molecule has 0 aliphatic carbocycles. The van der Waals surface area contributed by atoms with Gasteiger partial charge in [-0.1, -0.05) is 29.3 Å². The maximum Gasteiger partial charge on any atom is 0.260 e. The lowest BCUT2D eigenvalue weighted by Crippen LogP contribution is -2.30. The van der Waals surface area contributed by atoms with Gasteiger partial charge in [0.2, 0.25) is 5.88 Å². The molecule has 8 heteroatoms. The van der Waals surface area contributed by atoms with Gasteiger partial charge in [-0.15, -0.1) is 11.3 Å². The molecule has 0 aliphatic heterocycles. The molecule has 24 heavy (non-hydrogen) atoms. The van der Waals surface area contributed by atoms with Gasteiger partial charge in [0.25, 0.3) is 5.91 Å². The molecular formula is C16H13Cl2N3O2S. The zero-order valence-electron chi connectivity index (χ0n) is 12.7. The van der Waals surface area contributed by atoms with Crippen molar-refractivity contribution in [3.05, 3.63) is 50.9 Å². The largest absolute Gasteiger partial charge is 0.467 e. The third-order valence-electron chi connectivity index (χ3n) is 3.35. The van der Waals surface area contributed by atoms with E-state index in [0.717, 1.165) is 4.88 Å². The minimum atomic E-state index is -0.150. The second-order valence-corrected chi connectivity index (χ2v) is 6.96. The number of fused-ring (bicyclic) bond motifs is 1. The Kier molecular flexibility index (Phi) is 5.18. The molecule has 0 fully saturated rings. The maximum absolute atomic E-state index is 12.2. The van der Waals surface area contributed by atoms with Crippen LogP contribution < -0.4 is 4.74 Å². The zero-order valence-corrected chi connectivity index (χ0v) is 15.0. The van der Waals surface area contributed by atoms with E-state index in [1.54, 1.807) is 35.4 Å². The van der Waals surface area contributed by atoms with Gasteiger partial charge in [-0.3, -0.25) is 4.79 Å². The van der Waals surface area contributed by atoms with Crippen molar-refractivity contribution in [1.82, 2.24) is 14.9 Å². The molecule has 0 radical (unpaired) electrons. The highest BCUT2D eigenvalue weighted by atomic mass is 35.5. The van der Waals surface area contributed by atoms with E-state index < -0.39 is 0 Å². The summed E-state index contributed by atoms with van der Waals surface area (Å²) in [5.74, 6) is 0.130. The third kappa shape index (κ3) is 3.77. The highest BCUT2D eigenvalue weighted by Crippen LogP contribution is 2.30. The van der Waals surface area contributed by atoms with Gasteiger partial charge in [-0.25, -0.2) is 9.97 Å². The number of rotatable bonds is 5. The van der Waals surface area contributed by atoms with Crippen LogP contribution in [0.3, 0.4) is 0 Å². The van der Waals surface area contributed by atoms with Crippen LogP contribution in [0.5, 0.6) is 5.88 Å². The van der Waals surface area contributed by atoms with Crippen LogP contribution in [0.25, 0.3) is 10.9 Å². The summed E-state index contributed by atoms with van der Waals surface area (Å²) >= 11 is 13.7. The van der Waals surface area contributed by atoms with Crippen molar-refractivity contribution in [3.8, 4) is 5.88 Å². The fourth-order valence-corrected chi connectivity index (χ4v) is 3.45. The highest BCUT2D eigenvalue weighted by molar-refractivity contribution is 7.09. The topological polar surface area (TPSA) is 55.3 Å². The molecular weight excluding hydrogens is 369 g/mol. The summed E-state index contributed by atoms with van der Waals surface area (Å²) in [6.45, 7) is 0.417. The molecule has 0 saturated heterocycles. The summed E-state index contributed by atoms with van der Waals surface area (Å²) in [5.41, 5.74) is 0.533. The lowest BCUT2D eigenvalue weighted by atomic mass is 10.2. The average Bonchev–Trinajstić information content (AvgIpc) is 3.05. The molecule has 0 spiro atoms. The number of carbonyl (C=O) groups excluding carboxylic acids is 1.